The van der Waals surface area contributed by atoms with E-state index in [0.29, 0.717) is 11.6 Å². The van der Waals surface area contributed by atoms with Gasteiger partial charge in [0.05, 0.1) is 16.4 Å². The number of hydrogen-bond donors (Lipinski definition) is 3. The van der Waals surface area contributed by atoms with Gasteiger partial charge in [-0.2, -0.15) is 5.10 Å². The maximum absolute atomic E-state index is 12.2. The van der Waals surface area contributed by atoms with E-state index in [4.69, 9.17) is 0 Å². The zero-order valence-electron chi connectivity index (χ0n) is 13.3. The van der Waals surface area contributed by atoms with Crippen LogP contribution in [0.1, 0.15) is 30.4 Å². The van der Waals surface area contributed by atoms with Gasteiger partial charge in [-0.1, -0.05) is 0 Å². The van der Waals surface area contributed by atoms with Crippen molar-refractivity contribution >= 4 is 15.7 Å². The molecule has 0 bridgehead atoms. The molecule has 11 heteroatoms. The molecule has 0 atom stereocenters. The number of hydrogen-bond acceptors (Lipinski definition) is 7. The van der Waals surface area contributed by atoms with Gasteiger partial charge in [0.15, 0.2) is 5.82 Å². The number of non-ortho nitro benzene ring substituents is 1. The highest BCUT2D eigenvalue weighted by Crippen LogP contribution is 2.21. The number of aromatic nitrogens is 3. The molecule has 1 aromatic carbocycles. The monoisotopic (exact) mass is 366 g/mol. The molecule has 134 valence electrons. The van der Waals surface area contributed by atoms with Crippen LogP contribution in [0.4, 0.5) is 5.69 Å². The van der Waals surface area contributed by atoms with Gasteiger partial charge < -0.3 is 5.32 Å². The van der Waals surface area contributed by atoms with Crippen LogP contribution in [0.25, 0.3) is 0 Å². The molecule has 10 nitrogen and oxygen atoms in total. The Kier molecular flexibility index (Phi) is 5.06. The van der Waals surface area contributed by atoms with Crippen molar-refractivity contribution in [2.75, 3.05) is 13.1 Å². The number of nitrogens with one attached hydrogen (secondary N) is 3. The summed E-state index contributed by atoms with van der Waals surface area (Å²) in [7, 11) is -3.79. The smallest absolute Gasteiger partial charge is 0.269 e. The van der Waals surface area contributed by atoms with Gasteiger partial charge in [-0.15, -0.1) is 0 Å². The van der Waals surface area contributed by atoms with Crippen LogP contribution in [0.2, 0.25) is 0 Å². The second kappa shape index (κ2) is 7.25. The summed E-state index contributed by atoms with van der Waals surface area (Å²) in [6.07, 6.45) is 1.90. The highest BCUT2D eigenvalue weighted by molar-refractivity contribution is 7.89. The summed E-state index contributed by atoms with van der Waals surface area (Å²) in [6, 6.07) is 4.69. The summed E-state index contributed by atoms with van der Waals surface area (Å²) in [5.41, 5.74) is -0.166. The van der Waals surface area contributed by atoms with Crippen LogP contribution in [-0.4, -0.2) is 41.6 Å². The topological polar surface area (TPSA) is 143 Å². The largest absolute Gasteiger partial charge is 0.317 e. The van der Waals surface area contributed by atoms with Crippen LogP contribution in [-0.2, 0) is 16.6 Å². The highest BCUT2D eigenvalue weighted by Gasteiger charge is 2.20. The number of piperidine rings is 1. The summed E-state index contributed by atoms with van der Waals surface area (Å²) in [5.74, 6) is 1.41. The van der Waals surface area contributed by atoms with Crippen LogP contribution in [0.5, 0.6) is 0 Å². The van der Waals surface area contributed by atoms with Crippen molar-refractivity contribution < 1.29 is 13.3 Å². The lowest BCUT2D eigenvalue weighted by Gasteiger charge is -2.19. The van der Waals surface area contributed by atoms with Crippen LogP contribution in [0, 0.1) is 10.1 Å². The van der Waals surface area contributed by atoms with Gasteiger partial charge in [-0.25, -0.2) is 18.1 Å². The molecule has 1 saturated heterocycles. The second-order valence-electron chi connectivity index (χ2n) is 5.74. The van der Waals surface area contributed by atoms with Crippen LogP contribution < -0.4 is 10.0 Å². The van der Waals surface area contributed by atoms with Crippen molar-refractivity contribution in [2.24, 2.45) is 0 Å². The molecule has 1 aromatic heterocycles. The van der Waals surface area contributed by atoms with Crippen molar-refractivity contribution in [3.8, 4) is 0 Å². The predicted octanol–water partition coefficient (Wildman–Crippen LogP) is 0.658. The van der Waals surface area contributed by atoms with Crippen LogP contribution >= 0.6 is 0 Å². The van der Waals surface area contributed by atoms with E-state index in [1.165, 1.54) is 12.1 Å². The average Bonchev–Trinajstić information content (AvgIpc) is 3.10. The van der Waals surface area contributed by atoms with Crippen molar-refractivity contribution in [2.45, 2.75) is 30.2 Å². The molecule has 0 unspecified atom stereocenters. The van der Waals surface area contributed by atoms with Gasteiger partial charge in [-0.3, -0.25) is 15.2 Å². The Labute approximate surface area is 144 Å². The third-order valence-corrected chi connectivity index (χ3v) is 5.46. The Morgan fingerprint density at radius 1 is 1.24 bits per heavy atom. The van der Waals surface area contributed by atoms with E-state index in [-0.39, 0.29) is 23.0 Å². The SMILES string of the molecule is O=[N+]([O-])c1ccc(S(=O)(=O)NCc2nc(C3CCNCC3)n[nH]2)cc1. The fourth-order valence-corrected chi connectivity index (χ4v) is 3.63. The first-order valence-electron chi connectivity index (χ1n) is 7.82. The summed E-state index contributed by atoms with van der Waals surface area (Å²) < 4.78 is 26.9. The molecule has 0 radical (unpaired) electrons. The number of benzene rings is 1. The first-order valence-corrected chi connectivity index (χ1v) is 9.30. The lowest BCUT2D eigenvalue weighted by Crippen LogP contribution is -2.27. The zero-order valence-corrected chi connectivity index (χ0v) is 14.1. The Morgan fingerprint density at radius 3 is 2.56 bits per heavy atom. The Morgan fingerprint density at radius 2 is 1.92 bits per heavy atom. The van der Waals surface area contributed by atoms with E-state index in [0.717, 1.165) is 38.1 Å². The van der Waals surface area contributed by atoms with E-state index >= 15 is 0 Å². The van der Waals surface area contributed by atoms with Gasteiger partial charge in [0.2, 0.25) is 10.0 Å². The number of aromatic amines is 1. The number of sulfonamides is 1. The minimum atomic E-state index is -3.79. The Hall–Kier alpha value is -2.37. The average molecular weight is 366 g/mol. The second-order valence-corrected chi connectivity index (χ2v) is 7.51. The van der Waals surface area contributed by atoms with Crippen molar-refractivity contribution in [1.29, 1.82) is 0 Å². The molecule has 0 saturated carbocycles. The number of rotatable bonds is 6. The minimum Gasteiger partial charge on any atom is -0.317 e. The lowest BCUT2D eigenvalue weighted by atomic mass is 9.98. The quantitative estimate of drug-likeness (QED) is 0.503. The fraction of sp³-hybridized carbons (Fsp3) is 0.429. The molecule has 0 amide bonds. The number of nitro groups is 1. The normalized spacial score (nSPS) is 16.0. The number of nitro benzene ring substituents is 1. The number of nitrogens with zero attached hydrogens (tertiary/aromatic N) is 3. The molecule has 1 aliphatic rings. The lowest BCUT2D eigenvalue weighted by molar-refractivity contribution is -0.384. The third kappa shape index (κ3) is 4.18. The van der Waals surface area contributed by atoms with Crippen molar-refractivity contribution in [3.63, 3.8) is 0 Å². The fourth-order valence-electron chi connectivity index (χ4n) is 2.65. The summed E-state index contributed by atoms with van der Waals surface area (Å²) >= 11 is 0. The standard InChI is InChI=1S/C14H18N6O4S/c21-20(22)11-1-3-12(4-2-11)25(23,24)16-9-13-17-14(19-18-13)10-5-7-15-8-6-10/h1-4,10,15-16H,5-9H2,(H,17,18,19). The summed E-state index contributed by atoms with van der Waals surface area (Å²) in [4.78, 5) is 14.4. The minimum absolute atomic E-state index is 0.0305. The van der Waals surface area contributed by atoms with Gasteiger partial charge in [0, 0.05) is 18.1 Å². The maximum atomic E-state index is 12.2. The predicted molar refractivity (Wildman–Crippen MR) is 88.3 cm³/mol. The van der Waals surface area contributed by atoms with Gasteiger partial charge in [0.1, 0.15) is 5.82 Å². The molecule has 3 rings (SSSR count). The molecular formula is C14H18N6O4S. The first-order chi connectivity index (χ1) is 12.0. The number of H-pyrrole nitrogens is 1. The Bertz CT molecular complexity index is 842. The first kappa shape index (κ1) is 17.5. The molecule has 3 N–H and O–H groups in total. The van der Waals surface area contributed by atoms with Crippen molar-refractivity contribution in [3.05, 3.63) is 46.0 Å². The molecule has 0 aliphatic carbocycles. The maximum Gasteiger partial charge on any atom is 0.269 e. The van der Waals surface area contributed by atoms with E-state index in [2.05, 4.69) is 25.2 Å². The van der Waals surface area contributed by atoms with Gasteiger partial charge in [0.25, 0.3) is 5.69 Å². The molecule has 2 heterocycles. The van der Waals surface area contributed by atoms with Crippen LogP contribution in [0.3, 0.4) is 0 Å². The van der Waals surface area contributed by atoms with E-state index in [9.17, 15) is 18.5 Å². The Balaban J connectivity index is 1.64. The molecule has 1 aliphatic heterocycles. The highest BCUT2D eigenvalue weighted by atomic mass is 32.2. The van der Waals surface area contributed by atoms with Gasteiger partial charge >= 0.3 is 0 Å². The summed E-state index contributed by atoms with van der Waals surface area (Å²) in [6.45, 7) is 1.81. The van der Waals surface area contributed by atoms with Crippen LogP contribution in [0.15, 0.2) is 29.2 Å². The van der Waals surface area contributed by atoms with E-state index in [1.54, 1.807) is 0 Å². The van der Waals surface area contributed by atoms with E-state index in [1.807, 2.05) is 0 Å². The molecular weight excluding hydrogens is 348 g/mol. The zero-order chi connectivity index (χ0) is 17.9. The van der Waals surface area contributed by atoms with Gasteiger partial charge in [-0.05, 0) is 38.1 Å². The molecule has 25 heavy (non-hydrogen) atoms. The van der Waals surface area contributed by atoms with Crippen molar-refractivity contribution in [1.82, 2.24) is 25.2 Å². The molecule has 0 spiro atoms. The van der Waals surface area contributed by atoms with E-state index < -0.39 is 14.9 Å². The molecule has 2 aromatic rings. The summed E-state index contributed by atoms with van der Waals surface area (Å²) in [5, 5.41) is 20.8. The molecule has 1 fully saturated rings. The third-order valence-electron chi connectivity index (χ3n) is 4.04.